The average Bonchev–Trinajstić information content (AvgIpc) is 2.35. The molecule has 1 fully saturated rings. The van der Waals surface area contributed by atoms with Gasteiger partial charge in [0, 0.05) is 12.1 Å². The molecular weight excluding hydrogens is 237 g/mol. The highest BCUT2D eigenvalue weighted by atomic mass is 19.1. The zero-order valence-corrected chi connectivity index (χ0v) is 12.4. The lowest BCUT2D eigenvalue weighted by molar-refractivity contribution is 0.199. The normalized spacial score (nSPS) is 21.3. The maximum absolute atomic E-state index is 12.9. The summed E-state index contributed by atoms with van der Waals surface area (Å²) in [6.07, 6.45) is 6.16. The number of hydrogen-bond acceptors (Lipinski definition) is 1. The van der Waals surface area contributed by atoms with Crippen molar-refractivity contribution >= 4 is 0 Å². The van der Waals surface area contributed by atoms with Crippen LogP contribution in [0.25, 0.3) is 0 Å². The zero-order valence-electron chi connectivity index (χ0n) is 12.4. The molecule has 0 spiro atoms. The van der Waals surface area contributed by atoms with Crippen molar-refractivity contribution in [1.82, 2.24) is 5.32 Å². The molecule has 19 heavy (non-hydrogen) atoms. The third-order valence-corrected chi connectivity index (χ3v) is 4.31. The summed E-state index contributed by atoms with van der Waals surface area (Å²) >= 11 is 0. The summed E-state index contributed by atoms with van der Waals surface area (Å²) in [7, 11) is 0. The Hall–Kier alpha value is -0.890. The molecule has 1 N–H and O–H groups in total. The number of halogens is 1. The van der Waals surface area contributed by atoms with E-state index in [1.54, 1.807) is 12.1 Å². The number of nitrogens with one attached hydrogen (secondary N) is 1. The van der Waals surface area contributed by atoms with E-state index in [1.165, 1.54) is 31.2 Å². The summed E-state index contributed by atoms with van der Waals surface area (Å²) in [6.45, 7) is 6.96. The van der Waals surface area contributed by atoms with E-state index in [9.17, 15) is 4.39 Å². The molecule has 2 rings (SSSR count). The molecule has 0 aliphatic heterocycles. The molecule has 1 unspecified atom stereocenters. The zero-order chi connectivity index (χ0) is 13.9. The van der Waals surface area contributed by atoms with Gasteiger partial charge in [-0.3, -0.25) is 0 Å². The molecule has 1 aromatic rings. The van der Waals surface area contributed by atoms with Crippen molar-refractivity contribution in [2.75, 3.05) is 0 Å². The number of rotatable bonds is 4. The van der Waals surface area contributed by atoms with Crippen LogP contribution in [0.5, 0.6) is 0 Å². The lowest BCUT2D eigenvalue weighted by Gasteiger charge is -2.36. The summed E-state index contributed by atoms with van der Waals surface area (Å²) in [5.41, 5.74) is 1.73. The molecule has 0 aromatic heterocycles. The second-order valence-corrected chi connectivity index (χ2v) is 6.84. The number of benzene rings is 1. The van der Waals surface area contributed by atoms with Crippen molar-refractivity contribution in [3.05, 3.63) is 35.6 Å². The fraction of sp³-hybridized carbons (Fsp3) is 0.647. The van der Waals surface area contributed by atoms with Gasteiger partial charge in [0.1, 0.15) is 5.82 Å². The minimum absolute atomic E-state index is 0.154. The Morgan fingerprint density at radius 3 is 2.37 bits per heavy atom. The molecule has 2 heteroatoms. The van der Waals surface area contributed by atoms with Gasteiger partial charge in [-0.25, -0.2) is 4.39 Å². The molecule has 1 nitrogen and oxygen atoms in total. The van der Waals surface area contributed by atoms with Gasteiger partial charge in [-0.05, 0) is 62.1 Å². The minimum atomic E-state index is -0.154. The van der Waals surface area contributed by atoms with Gasteiger partial charge in [0.2, 0.25) is 0 Å². The van der Waals surface area contributed by atoms with E-state index in [-0.39, 0.29) is 5.82 Å². The summed E-state index contributed by atoms with van der Waals surface area (Å²) in [4.78, 5) is 0. The van der Waals surface area contributed by atoms with Crippen LogP contribution in [0.3, 0.4) is 0 Å². The van der Waals surface area contributed by atoms with Gasteiger partial charge in [0.05, 0.1) is 0 Å². The summed E-state index contributed by atoms with van der Waals surface area (Å²) in [5.74, 6) is -0.154. The van der Waals surface area contributed by atoms with Crippen LogP contribution < -0.4 is 5.32 Å². The largest absolute Gasteiger partial charge is 0.311 e. The van der Waals surface area contributed by atoms with Crippen LogP contribution in [-0.4, -0.2) is 12.1 Å². The van der Waals surface area contributed by atoms with Crippen LogP contribution in [-0.2, 0) is 6.42 Å². The van der Waals surface area contributed by atoms with Gasteiger partial charge in [0.25, 0.3) is 0 Å². The molecule has 0 radical (unpaired) electrons. The highest BCUT2D eigenvalue weighted by molar-refractivity contribution is 5.17. The lowest BCUT2D eigenvalue weighted by Crippen LogP contribution is -2.41. The average molecular weight is 263 g/mol. The summed E-state index contributed by atoms with van der Waals surface area (Å²) < 4.78 is 12.9. The standard InChI is InChI=1S/C17H26FN/c1-13(12-14-4-6-15(18)7-5-14)19-16-8-10-17(2,3)11-9-16/h4-7,13,16,19H,8-12H2,1-3H3. The molecule has 1 saturated carbocycles. The Labute approximate surface area is 116 Å². The molecule has 1 aromatic carbocycles. The lowest BCUT2D eigenvalue weighted by atomic mass is 9.75. The van der Waals surface area contributed by atoms with Crippen LogP contribution in [0.2, 0.25) is 0 Å². The molecule has 0 heterocycles. The topological polar surface area (TPSA) is 12.0 Å². The first-order valence-electron chi connectivity index (χ1n) is 7.45. The minimum Gasteiger partial charge on any atom is -0.311 e. The first kappa shape index (κ1) is 14.5. The van der Waals surface area contributed by atoms with E-state index >= 15 is 0 Å². The molecule has 1 aliphatic rings. The molecule has 0 amide bonds. The molecule has 1 atom stereocenters. The Morgan fingerprint density at radius 2 is 1.79 bits per heavy atom. The molecule has 106 valence electrons. The second-order valence-electron chi connectivity index (χ2n) is 6.84. The third kappa shape index (κ3) is 4.61. The predicted molar refractivity (Wildman–Crippen MR) is 78.7 cm³/mol. The third-order valence-electron chi connectivity index (χ3n) is 4.31. The molecule has 1 aliphatic carbocycles. The Balaban J connectivity index is 1.78. The smallest absolute Gasteiger partial charge is 0.123 e. The Bertz CT molecular complexity index is 386. The Morgan fingerprint density at radius 1 is 1.21 bits per heavy atom. The van der Waals surface area contributed by atoms with Crippen molar-refractivity contribution in [2.45, 2.75) is 65.0 Å². The second kappa shape index (κ2) is 6.04. The quantitative estimate of drug-likeness (QED) is 0.853. The van der Waals surface area contributed by atoms with E-state index in [2.05, 4.69) is 26.1 Å². The van der Waals surface area contributed by atoms with Gasteiger partial charge in [-0.15, -0.1) is 0 Å². The monoisotopic (exact) mass is 263 g/mol. The predicted octanol–water partition coefficient (Wildman–Crippen LogP) is 4.32. The van der Waals surface area contributed by atoms with Gasteiger partial charge in [0.15, 0.2) is 0 Å². The van der Waals surface area contributed by atoms with E-state index < -0.39 is 0 Å². The number of hydrogen-bond donors (Lipinski definition) is 1. The van der Waals surface area contributed by atoms with Crippen LogP contribution in [0, 0.1) is 11.2 Å². The van der Waals surface area contributed by atoms with Crippen molar-refractivity contribution in [1.29, 1.82) is 0 Å². The maximum atomic E-state index is 12.9. The summed E-state index contributed by atoms with van der Waals surface area (Å²) in [5, 5.41) is 3.73. The molecule has 0 saturated heterocycles. The highest BCUT2D eigenvalue weighted by Crippen LogP contribution is 2.35. The van der Waals surface area contributed by atoms with Crippen molar-refractivity contribution in [3.8, 4) is 0 Å². The highest BCUT2D eigenvalue weighted by Gasteiger charge is 2.27. The van der Waals surface area contributed by atoms with Crippen LogP contribution >= 0.6 is 0 Å². The van der Waals surface area contributed by atoms with E-state index in [0.29, 0.717) is 17.5 Å². The van der Waals surface area contributed by atoms with E-state index in [4.69, 9.17) is 0 Å². The first-order chi connectivity index (χ1) is 8.94. The maximum Gasteiger partial charge on any atom is 0.123 e. The van der Waals surface area contributed by atoms with Crippen LogP contribution in [0.1, 0.15) is 52.0 Å². The molecule has 0 bridgehead atoms. The van der Waals surface area contributed by atoms with Gasteiger partial charge < -0.3 is 5.32 Å². The molecular formula is C17H26FN. The first-order valence-corrected chi connectivity index (χ1v) is 7.45. The van der Waals surface area contributed by atoms with Crippen LogP contribution in [0.4, 0.5) is 4.39 Å². The van der Waals surface area contributed by atoms with Gasteiger partial charge >= 0.3 is 0 Å². The SMILES string of the molecule is CC(Cc1ccc(F)cc1)NC1CCC(C)(C)CC1. The van der Waals surface area contributed by atoms with E-state index in [1.807, 2.05) is 12.1 Å². The Kier molecular flexibility index (Phi) is 4.62. The fourth-order valence-electron chi connectivity index (χ4n) is 3.00. The summed E-state index contributed by atoms with van der Waals surface area (Å²) in [6, 6.07) is 7.98. The van der Waals surface area contributed by atoms with E-state index in [0.717, 1.165) is 6.42 Å². The van der Waals surface area contributed by atoms with Crippen LogP contribution in [0.15, 0.2) is 24.3 Å². The van der Waals surface area contributed by atoms with Gasteiger partial charge in [-0.1, -0.05) is 26.0 Å². The van der Waals surface area contributed by atoms with Crippen molar-refractivity contribution in [3.63, 3.8) is 0 Å². The van der Waals surface area contributed by atoms with Crippen molar-refractivity contribution in [2.24, 2.45) is 5.41 Å². The fourth-order valence-corrected chi connectivity index (χ4v) is 3.00. The van der Waals surface area contributed by atoms with Gasteiger partial charge in [-0.2, -0.15) is 0 Å². The van der Waals surface area contributed by atoms with Crippen molar-refractivity contribution < 1.29 is 4.39 Å².